The van der Waals surface area contributed by atoms with Gasteiger partial charge in [0, 0.05) is 12.6 Å². The van der Waals surface area contributed by atoms with Crippen LogP contribution in [0.3, 0.4) is 0 Å². The number of aromatic nitrogens is 2. The molecule has 128 valence electrons. The first-order valence-corrected chi connectivity index (χ1v) is 8.13. The Kier molecular flexibility index (Phi) is 6.54. The summed E-state index contributed by atoms with van der Waals surface area (Å²) >= 11 is 0. The molecule has 0 bridgehead atoms. The van der Waals surface area contributed by atoms with Crippen molar-refractivity contribution in [3.63, 3.8) is 0 Å². The summed E-state index contributed by atoms with van der Waals surface area (Å²) in [4.78, 5) is 12.1. The van der Waals surface area contributed by atoms with Gasteiger partial charge in [-0.25, -0.2) is 0 Å². The van der Waals surface area contributed by atoms with Gasteiger partial charge in [-0.05, 0) is 49.6 Å². The number of hydrogen-bond donors (Lipinski definition) is 2. The number of carbonyl (C=O) groups excluding carboxylic acids is 1. The zero-order chi connectivity index (χ0) is 17.4. The molecule has 0 spiro atoms. The van der Waals surface area contributed by atoms with Crippen LogP contribution in [-0.2, 0) is 6.42 Å². The van der Waals surface area contributed by atoms with E-state index in [2.05, 4.69) is 34.7 Å². The molecule has 1 amide bonds. The van der Waals surface area contributed by atoms with Gasteiger partial charge in [-0.2, -0.15) is 0 Å². The number of amides is 1. The van der Waals surface area contributed by atoms with Crippen LogP contribution in [0.4, 0.5) is 5.82 Å². The standard InChI is InChI=1S/C18H24N4O2/c1-4-13(2)20-17-9-8-16(21-22-17)18(23)19-11-10-14-6-5-7-15(12-14)24-3/h5-9,12-13H,4,10-11H2,1-3H3,(H,19,23)(H,20,22). The molecule has 1 aromatic carbocycles. The Morgan fingerprint density at radius 1 is 1.25 bits per heavy atom. The predicted octanol–water partition coefficient (Wildman–Crippen LogP) is 2.67. The van der Waals surface area contributed by atoms with Gasteiger partial charge in [0.15, 0.2) is 5.69 Å². The normalized spacial score (nSPS) is 11.6. The lowest BCUT2D eigenvalue weighted by Gasteiger charge is -2.11. The molecule has 24 heavy (non-hydrogen) atoms. The van der Waals surface area contributed by atoms with Crippen molar-refractivity contribution in [2.45, 2.75) is 32.7 Å². The highest BCUT2D eigenvalue weighted by Crippen LogP contribution is 2.12. The van der Waals surface area contributed by atoms with Crippen molar-refractivity contribution in [2.24, 2.45) is 0 Å². The Morgan fingerprint density at radius 3 is 2.75 bits per heavy atom. The van der Waals surface area contributed by atoms with Gasteiger partial charge in [0.05, 0.1) is 7.11 Å². The third-order valence-corrected chi connectivity index (χ3v) is 3.74. The topological polar surface area (TPSA) is 76.1 Å². The van der Waals surface area contributed by atoms with E-state index < -0.39 is 0 Å². The molecule has 0 aliphatic rings. The summed E-state index contributed by atoms with van der Waals surface area (Å²) in [6, 6.07) is 11.6. The third-order valence-electron chi connectivity index (χ3n) is 3.74. The van der Waals surface area contributed by atoms with E-state index in [4.69, 9.17) is 4.74 Å². The number of ether oxygens (including phenoxy) is 1. The van der Waals surface area contributed by atoms with Crippen LogP contribution in [0.25, 0.3) is 0 Å². The summed E-state index contributed by atoms with van der Waals surface area (Å²) in [5, 5.41) is 14.1. The van der Waals surface area contributed by atoms with Crippen LogP contribution in [-0.4, -0.2) is 35.8 Å². The minimum Gasteiger partial charge on any atom is -0.497 e. The van der Waals surface area contributed by atoms with Crippen LogP contribution >= 0.6 is 0 Å². The first-order valence-electron chi connectivity index (χ1n) is 8.13. The Morgan fingerprint density at radius 2 is 2.08 bits per heavy atom. The molecule has 2 aromatic rings. The van der Waals surface area contributed by atoms with E-state index in [1.165, 1.54) is 0 Å². The van der Waals surface area contributed by atoms with E-state index in [0.717, 1.165) is 24.2 Å². The number of nitrogens with zero attached hydrogens (tertiary/aromatic N) is 2. The van der Waals surface area contributed by atoms with Crippen molar-refractivity contribution in [1.29, 1.82) is 0 Å². The summed E-state index contributed by atoms with van der Waals surface area (Å²) in [7, 11) is 1.64. The van der Waals surface area contributed by atoms with Gasteiger partial charge in [-0.1, -0.05) is 19.1 Å². The van der Waals surface area contributed by atoms with E-state index in [1.807, 2.05) is 24.3 Å². The number of anilines is 1. The number of rotatable bonds is 8. The van der Waals surface area contributed by atoms with Crippen molar-refractivity contribution in [3.8, 4) is 5.75 Å². The maximum absolute atomic E-state index is 12.1. The fourth-order valence-electron chi connectivity index (χ4n) is 2.12. The molecule has 1 aromatic heterocycles. The van der Waals surface area contributed by atoms with E-state index in [9.17, 15) is 4.79 Å². The van der Waals surface area contributed by atoms with Crippen molar-refractivity contribution in [1.82, 2.24) is 15.5 Å². The maximum Gasteiger partial charge on any atom is 0.271 e. The third kappa shape index (κ3) is 5.22. The molecule has 0 aliphatic carbocycles. The van der Waals surface area contributed by atoms with Gasteiger partial charge >= 0.3 is 0 Å². The predicted molar refractivity (Wildman–Crippen MR) is 94.4 cm³/mol. The van der Waals surface area contributed by atoms with E-state index in [-0.39, 0.29) is 5.91 Å². The number of nitrogens with one attached hydrogen (secondary N) is 2. The average molecular weight is 328 g/mol. The number of benzene rings is 1. The maximum atomic E-state index is 12.1. The molecule has 0 saturated heterocycles. The van der Waals surface area contributed by atoms with Crippen molar-refractivity contribution >= 4 is 11.7 Å². The molecule has 1 unspecified atom stereocenters. The number of methoxy groups -OCH3 is 1. The van der Waals surface area contributed by atoms with Gasteiger partial charge in [-0.15, -0.1) is 10.2 Å². The quantitative estimate of drug-likeness (QED) is 0.779. The summed E-state index contributed by atoms with van der Waals surface area (Å²) < 4.78 is 5.19. The van der Waals surface area contributed by atoms with Crippen LogP contribution in [0, 0.1) is 0 Å². The second-order valence-electron chi connectivity index (χ2n) is 5.61. The molecule has 0 radical (unpaired) electrons. The van der Waals surface area contributed by atoms with E-state index in [0.29, 0.717) is 24.1 Å². The first-order chi connectivity index (χ1) is 11.6. The van der Waals surface area contributed by atoms with E-state index >= 15 is 0 Å². The van der Waals surface area contributed by atoms with Crippen LogP contribution in [0.1, 0.15) is 36.3 Å². The summed E-state index contributed by atoms with van der Waals surface area (Å²) in [6.45, 7) is 4.69. The largest absolute Gasteiger partial charge is 0.497 e. The van der Waals surface area contributed by atoms with Gasteiger partial charge in [0.25, 0.3) is 5.91 Å². The molecule has 1 heterocycles. The molecule has 6 nitrogen and oxygen atoms in total. The second-order valence-corrected chi connectivity index (χ2v) is 5.61. The van der Waals surface area contributed by atoms with Gasteiger partial charge in [0.1, 0.15) is 11.6 Å². The van der Waals surface area contributed by atoms with Crippen LogP contribution in [0.2, 0.25) is 0 Å². The second kappa shape index (κ2) is 8.86. The minimum absolute atomic E-state index is 0.222. The van der Waals surface area contributed by atoms with Crippen LogP contribution in [0.5, 0.6) is 5.75 Å². The van der Waals surface area contributed by atoms with Crippen LogP contribution in [0.15, 0.2) is 36.4 Å². The minimum atomic E-state index is -0.222. The highest BCUT2D eigenvalue weighted by atomic mass is 16.5. The highest BCUT2D eigenvalue weighted by molar-refractivity contribution is 5.92. The lowest BCUT2D eigenvalue weighted by Crippen LogP contribution is -2.27. The molecule has 2 N–H and O–H groups in total. The Labute approximate surface area is 142 Å². The number of hydrogen-bond acceptors (Lipinski definition) is 5. The Bertz CT molecular complexity index is 658. The summed E-state index contributed by atoms with van der Waals surface area (Å²) in [5.74, 6) is 1.27. The molecule has 0 fully saturated rings. The van der Waals surface area contributed by atoms with Gasteiger partial charge in [0.2, 0.25) is 0 Å². The zero-order valence-electron chi connectivity index (χ0n) is 14.4. The summed E-state index contributed by atoms with van der Waals surface area (Å²) in [5.41, 5.74) is 1.42. The lowest BCUT2D eigenvalue weighted by atomic mass is 10.1. The van der Waals surface area contributed by atoms with Crippen LogP contribution < -0.4 is 15.4 Å². The fraction of sp³-hybridized carbons (Fsp3) is 0.389. The van der Waals surface area contributed by atoms with Gasteiger partial charge < -0.3 is 15.4 Å². The Hall–Kier alpha value is -2.63. The Balaban J connectivity index is 1.83. The number of carbonyl (C=O) groups is 1. The van der Waals surface area contributed by atoms with Crippen molar-refractivity contribution < 1.29 is 9.53 Å². The lowest BCUT2D eigenvalue weighted by molar-refractivity contribution is 0.0948. The molecule has 0 aliphatic heterocycles. The summed E-state index contributed by atoms with van der Waals surface area (Å²) in [6.07, 6.45) is 1.72. The van der Waals surface area contributed by atoms with E-state index in [1.54, 1.807) is 19.2 Å². The fourth-order valence-corrected chi connectivity index (χ4v) is 2.12. The highest BCUT2D eigenvalue weighted by Gasteiger charge is 2.08. The molecular formula is C18H24N4O2. The van der Waals surface area contributed by atoms with Gasteiger partial charge in [-0.3, -0.25) is 4.79 Å². The molecule has 0 saturated carbocycles. The monoisotopic (exact) mass is 328 g/mol. The van der Waals surface area contributed by atoms with Crippen molar-refractivity contribution in [2.75, 3.05) is 19.0 Å². The molecule has 2 rings (SSSR count). The average Bonchev–Trinajstić information content (AvgIpc) is 2.62. The molecular weight excluding hydrogens is 304 g/mol. The molecule has 1 atom stereocenters. The SMILES string of the molecule is CCC(C)Nc1ccc(C(=O)NCCc2cccc(OC)c2)nn1. The first kappa shape index (κ1) is 17.7. The molecule has 6 heteroatoms. The van der Waals surface area contributed by atoms with Crippen molar-refractivity contribution in [3.05, 3.63) is 47.7 Å². The smallest absolute Gasteiger partial charge is 0.271 e. The zero-order valence-corrected chi connectivity index (χ0v) is 14.4.